The highest BCUT2D eigenvalue weighted by atomic mass is 32.2. The maximum atomic E-state index is 13.0. The van der Waals surface area contributed by atoms with Gasteiger partial charge in [0.15, 0.2) is 0 Å². The van der Waals surface area contributed by atoms with Crippen molar-refractivity contribution in [1.29, 1.82) is 0 Å². The number of fused-ring (bicyclic) bond motifs is 1. The Labute approximate surface area is 180 Å². The van der Waals surface area contributed by atoms with Gasteiger partial charge in [-0.05, 0) is 5.56 Å². The number of nitrogens with one attached hydrogen (secondary N) is 2. The lowest BCUT2D eigenvalue weighted by Gasteiger charge is -2.50. The number of carbonyl (C=O) groups is 3. The number of morpholine rings is 1. The Balaban J connectivity index is 1.54. The molecule has 4 amide bonds. The van der Waals surface area contributed by atoms with Gasteiger partial charge in [-0.15, -0.1) is 11.8 Å². The number of benzene rings is 1. The molecule has 3 aliphatic rings. The van der Waals surface area contributed by atoms with E-state index in [4.69, 9.17) is 4.74 Å². The van der Waals surface area contributed by atoms with Gasteiger partial charge in [0.1, 0.15) is 0 Å². The molecule has 0 radical (unpaired) electrons. The van der Waals surface area contributed by atoms with Gasteiger partial charge in [0, 0.05) is 27.2 Å². The molecule has 0 bridgehead atoms. The van der Waals surface area contributed by atoms with Gasteiger partial charge in [-0.3, -0.25) is 25.1 Å². The highest BCUT2D eigenvalue weighted by molar-refractivity contribution is 8.00. The van der Waals surface area contributed by atoms with Crippen LogP contribution >= 0.6 is 11.8 Å². The number of amides is 4. The van der Waals surface area contributed by atoms with Crippen LogP contribution in [-0.4, -0.2) is 90.2 Å². The summed E-state index contributed by atoms with van der Waals surface area (Å²) < 4.78 is 5.32. The van der Waals surface area contributed by atoms with E-state index in [1.165, 1.54) is 18.8 Å². The van der Waals surface area contributed by atoms with Crippen LogP contribution in [-0.2, 0) is 14.3 Å². The average Bonchev–Trinajstić information content (AvgIpc) is 2.80. The second-order valence-electron chi connectivity index (χ2n) is 7.66. The van der Waals surface area contributed by atoms with E-state index in [-0.39, 0.29) is 35.1 Å². The maximum Gasteiger partial charge on any atom is 0.327 e. The molecule has 0 spiro atoms. The molecule has 2 N–H and O–H groups in total. The van der Waals surface area contributed by atoms with Crippen molar-refractivity contribution in [2.24, 2.45) is 5.92 Å². The SMILES string of the molecule is CN1C(=O)C2C(SCC(=O)N3CCOCC3)NC(c3ccccc3)NC2N(C)C1=O. The Morgan fingerprint density at radius 2 is 1.83 bits per heavy atom. The highest BCUT2D eigenvalue weighted by Gasteiger charge is 2.51. The van der Waals surface area contributed by atoms with E-state index in [1.54, 1.807) is 16.8 Å². The van der Waals surface area contributed by atoms with Crippen LogP contribution in [0.5, 0.6) is 0 Å². The molecule has 3 saturated heterocycles. The first kappa shape index (κ1) is 21.1. The number of hydrogen-bond acceptors (Lipinski definition) is 7. The molecule has 162 valence electrons. The van der Waals surface area contributed by atoms with Crippen LogP contribution in [0.4, 0.5) is 4.79 Å². The maximum absolute atomic E-state index is 13.0. The number of ether oxygens (including phenoxy) is 1. The molecule has 4 unspecified atom stereocenters. The van der Waals surface area contributed by atoms with Gasteiger partial charge in [0.25, 0.3) is 0 Å². The van der Waals surface area contributed by atoms with Crippen molar-refractivity contribution in [2.75, 3.05) is 46.2 Å². The smallest absolute Gasteiger partial charge is 0.327 e. The van der Waals surface area contributed by atoms with Crippen molar-refractivity contribution in [1.82, 2.24) is 25.3 Å². The van der Waals surface area contributed by atoms with Crippen molar-refractivity contribution < 1.29 is 19.1 Å². The third-order valence-electron chi connectivity index (χ3n) is 5.84. The third kappa shape index (κ3) is 4.04. The summed E-state index contributed by atoms with van der Waals surface area (Å²) in [6.45, 7) is 2.30. The van der Waals surface area contributed by atoms with Gasteiger partial charge < -0.3 is 14.5 Å². The Morgan fingerprint density at radius 3 is 2.53 bits per heavy atom. The van der Waals surface area contributed by atoms with Crippen molar-refractivity contribution in [3.8, 4) is 0 Å². The topological polar surface area (TPSA) is 94.2 Å². The van der Waals surface area contributed by atoms with Crippen molar-refractivity contribution in [3.05, 3.63) is 35.9 Å². The van der Waals surface area contributed by atoms with Gasteiger partial charge in [-0.1, -0.05) is 30.3 Å². The number of thioether (sulfide) groups is 1. The predicted molar refractivity (Wildman–Crippen MR) is 112 cm³/mol. The molecule has 4 atom stereocenters. The second kappa shape index (κ2) is 8.93. The van der Waals surface area contributed by atoms with E-state index in [0.717, 1.165) is 10.5 Å². The molecule has 30 heavy (non-hydrogen) atoms. The zero-order chi connectivity index (χ0) is 21.3. The van der Waals surface area contributed by atoms with Gasteiger partial charge in [0.05, 0.1) is 42.6 Å². The zero-order valence-corrected chi connectivity index (χ0v) is 17.9. The quantitative estimate of drug-likeness (QED) is 0.704. The fraction of sp³-hybridized carbons (Fsp3) is 0.550. The molecule has 3 fully saturated rings. The molecule has 0 saturated carbocycles. The summed E-state index contributed by atoms with van der Waals surface area (Å²) in [7, 11) is 3.20. The zero-order valence-electron chi connectivity index (χ0n) is 17.1. The summed E-state index contributed by atoms with van der Waals surface area (Å²) in [5.41, 5.74) is 1.01. The first-order valence-electron chi connectivity index (χ1n) is 10.1. The van der Waals surface area contributed by atoms with E-state index in [9.17, 15) is 14.4 Å². The van der Waals surface area contributed by atoms with Crippen LogP contribution in [0.25, 0.3) is 0 Å². The molecule has 9 nitrogen and oxygen atoms in total. The molecule has 0 aliphatic carbocycles. The van der Waals surface area contributed by atoms with E-state index < -0.39 is 12.1 Å². The summed E-state index contributed by atoms with van der Waals surface area (Å²) in [4.78, 5) is 42.7. The number of urea groups is 1. The fourth-order valence-corrected chi connectivity index (χ4v) is 5.31. The number of imide groups is 1. The summed E-state index contributed by atoms with van der Waals surface area (Å²) in [5.74, 6) is -0.444. The van der Waals surface area contributed by atoms with E-state index in [1.807, 2.05) is 30.3 Å². The van der Waals surface area contributed by atoms with Crippen LogP contribution in [0.1, 0.15) is 11.7 Å². The minimum atomic E-state index is -0.500. The minimum absolute atomic E-state index is 0.0393. The number of hydrogen-bond donors (Lipinski definition) is 2. The molecule has 10 heteroatoms. The largest absolute Gasteiger partial charge is 0.378 e. The van der Waals surface area contributed by atoms with Crippen molar-refractivity contribution in [3.63, 3.8) is 0 Å². The Bertz CT molecular complexity index is 804. The standard InChI is InChI=1S/C20H27N5O4S/c1-23-17-15(19(27)24(2)20(23)28)18(22-16(21-17)13-6-4-3-5-7-13)30-12-14(26)25-8-10-29-11-9-25/h3-7,15-18,21-22H,8-12H2,1-2H3. The van der Waals surface area contributed by atoms with Crippen LogP contribution < -0.4 is 10.6 Å². The first-order valence-corrected chi connectivity index (χ1v) is 11.1. The third-order valence-corrected chi connectivity index (χ3v) is 7.04. The molecule has 0 aromatic heterocycles. The van der Waals surface area contributed by atoms with Crippen molar-refractivity contribution >= 4 is 29.6 Å². The molecule has 3 aliphatic heterocycles. The van der Waals surface area contributed by atoms with E-state index in [0.29, 0.717) is 26.3 Å². The lowest BCUT2D eigenvalue weighted by Crippen LogP contribution is -2.72. The molecule has 4 rings (SSSR count). The summed E-state index contributed by atoms with van der Waals surface area (Å²) in [5, 5.41) is 6.57. The summed E-state index contributed by atoms with van der Waals surface area (Å²) in [6, 6.07) is 9.48. The number of carbonyl (C=O) groups excluding carboxylic acids is 3. The monoisotopic (exact) mass is 433 g/mol. The average molecular weight is 434 g/mol. The highest BCUT2D eigenvalue weighted by Crippen LogP contribution is 2.34. The second-order valence-corrected chi connectivity index (χ2v) is 8.79. The van der Waals surface area contributed by atoms with Crippen LogP contribution in [0.2, 0.25) is 0 Å². The Morgan fingerprint density at radius 1 is 1.13 bits per heavy atom. The summed E-state index contributed by atoms with van der Waals surface area (Å²) >= 11 is 1.42. The van der Waals surface area contributed by atoms with Gasteiger partial charge in [-0.2, -0.15) is 0 Å². The van der Waals surface area contributed by atoms with Crippen LogP contribution in [0.15, 0.2) is 30.3 Å². The normalized spacial score (nSPS) is 29.7. The molecule has 1 aromatic rings. The van der Waals surface area contributed by atoms with Crippen LogP contribution in [0, 0.1) is 5.92 Å². The van der Waals surface area contributed by atoms with Crippen LogP contribution in [0.3, 0.4) is 0 Å². The first-order chi connectivity index (χ1) is 14.5. The van der Waals surface area contributed by atoms with E-state index >= 15 is 0 Å². The minimum Gasteiger partial charge on any atom is -0.378 e. The van der Waals surface area contributed by atoms with E-state index in [2.05, 4.69) is 10.6 Å². The fourth-order valence-electron chi connectivity index (χ4n) is 4.10. The lowest BCUT2D eigenvalue weighted by molar-refractivity contribution is -0.140. The molecular weight excluding hydrogens is 406 g/mol. The summed E-state index contributed by atoms with van der Waals surface area (Å²) in [6.07, 6.45) is -0.696. The number of nitrogens with zero attached hydrogens (tertiary/aromatic N) is 3. The van der Waals surface area contributed by atoms with Crippen molar-refractivity contribution in [2.45, 2.75) is 17.7 Å². The van der Waals surface area contributed by atoms with Gasteiger partial charge >= 0.3 is 6.03 Å². The Kier molecular flexibility index (Phi) is 6.28. The molecular formula is C20H27N5O4S. The lowest BCUT2D eigenvalue weighted by atomic mass is 9.96. The number of rotatable bonds is 4. The van der Waals surface area contributed by atoms with Gasteiger partial charge in [-0.25, -0.2) is 4.79 Å². The van der Waals surface area contributed by atoms with Gasteiger partial charge in [0.2, 0.25) is 11.8 Å². The molecule has 1 aromatic carbocycles. The predicted octanol–water partition coefficient (Wildman–Crippen LogP) is 0.262. The Hall–Kier alpha value is -2.14. The molecule has 3 heterocycles.